The van der Waals surface area contributed by atoms with Gasteiger partial charge < -0.3 is 20.3 Å². The molecule has 2 aromatic heterocycles. The van der Waals surface area contributed by atoms with Crippen LogP contribution in [-0.4, -0.2) is 39.6 Å². The first-order chi connectivity index (χ1) is 13.9. The third-order valence-corrected chi connectivity index (χ3v) is 4.63. The molecular weight excluding hydrogens is 368 g/mol. The molecule has 0 aliphatic carbocycles. The fraction of sp³-hybridized carbons (Fsp3) is 0.227. The van der Waals surface area contributed by atoms with Crippen molar-refractivity contribution in [3.8, 4) is 11.4 Å². The molecular formula is C22H24N4O3. The van der Waals surface area contributed by atoms with Gasteiger partial charge in [0.15, 0.2) is 5.69 Å². The summed E-state index contributed by atoms with van der Waals surface area (Å²) >= 11 is 0. The minimum Gasteiger partial charge on any atom is -0.505 e. The third kappa shape index (κ3) is 4.45. The van der Waals surface area contributed by atoms with E-state index in [2.05, 4.69) is 21.7 Å². The van der Waals surface area contributed by atoms with E-state index in [9.17, 15) is 14.7 Å². The normalized spacial score (nSPS) is 10.6. The Morgan fingerprint density at radius 1 is 1.00 bits per heavy atom. The van der Waals surface area contributed by atoms with Crippen LogP contribution in [0.2, 0.25) is 0 Å². The number of nitrogens with zero attached hydrogens (tertiary/aromatic N) is 2. The zero-order chi connectivity index (χ0) is 21.0. The van der Waals surface area contributed by atoms with Crippen molar-refractivity contribution in [2.45, 2.75) is 20.8 Å². The van der Waals surface area contributed by atoms with Crippen molar-refractivity contribution in [3.05, 3.63) is 76.9 Å². The van der Waals surface area contributed by atoms with E-state index >= 15 is 0 Å². The molecule has 29 heavy (non-hydrogen) atoms. The highest BCUT2D eigenvalue weighted by molar-refractivity contribution is 5.96. The molecule has 0 aliphatic heterocycles. The average molecular weight is 392 g/mol. The first-order valence-corrected chi connectivity index (χ1v) is 9.35. The lowest BCUT2D eigenvalue weighted by Gasteiger charge is -2.11. The van der Waals surface area contributed by atoms with Crippen molar-refractivity contribution in [3.63, 3.8) is 0 Å². The number of pyridine rings is 1. The Bertz CT molecular complexity index is 1060. The maximum absolute atomic E-state index is 12.6. The van der Waals surface area contributed by atoms with Crippen LogP contribution in [-0.2, 0) is 0 Å². The molecule has 2 heterocycles. The summed E-state index contributed by atoms with van der Waals surface area (Å²) < 4.78 is 2.05. The number of aryl methyl sites for hydroxylation is 2. The van der Waals surface area contributed by atoms with Gasteiger partial charge in [0.05, 0.1) is 5.56 Å². The molecule has 7 heteroatoms. The van der Waals surface area contributed by atoms with Crippen LogP contribution < -0.4 is 10.6 Å². The van der Waals surface area contributed by atoms with Gasteiger partial charge in [-0.2, -0.15) is 0 Å². The zero-order valence-electron chi connectivity index (χ0n) is 16.7. The van der Waals surface area contributed by atoms with Gasteiger partial charge >= 0.3 is 0 Å². The Kier molecular flexibility index (Phi) is 5.97. The second-order valence-corrected chi connectivity index (χ2v) is 6.84. The fourth-order valence-corrected chi connectivity index (χ4v) is 3.26. The fourth-order valence-electron chi connectivity index (χ4n) is 3.26. The van der Waals surface area contributed by atoms with Crippen molar-refractivity contribution in [1.29, 1.82) is 0 Å². The van der Waals surface area contributed by atoms with Crippen LogP contribution >= 0.6 is 0 Å². The number of hydrogen-bond donors (Lipinski definition) is 3. The van der Waals surface area contributed by atoms with E-state index in [0.717, 1.165) is 22.6 Å². The number of aromatic nitrogens is 2. The molecule has 0 fully saturated rings. The number of carbonyl (C=O) groups is 2. The molecule has 0 spiro atoms. The van der Waals surface area contributed by atoms with E-state index in [0.29, 0.717) is 5.56 Å². The summed E-state index contributed by atoms with van der Waals surface area (Å²) in [5.41, 5.74) is 4.54. The lowest BCUT2D eigenvalue weighted by atomic mass is 10.2. The first-order valence-electron chi connectivity index (χ1n) is 9.35. The zero-order valence-corrected chi connectivity index (χ0v) is 16.7. The molecule has 1 aromatic carbocycles. The van der Waals surface area contributed by atoms with E-state index in [1.807, 2.05) is 49.6 Å². The predicted molar refractivity (Wildman–Crippen MR) is 111 cm³/mol. The quantitative estimate of drug-likeness (QED) is 0.562. The Labute approximate surface area is 169 Å². The third-order valence-electron chi connectivity index (χ3n) is 4.63. The summed E-state index contributed by atoms with van der Waals surface area (Å²) in [5, 5.41) is 15.1. The highest BCUT2D eigenvalue weighted by atomic mass is 16.3. The van der Waals surface area contributed by atoms with Crippen molar-refractivity contribution >= 4 is 11.8 Å². The minimum absolute atomic E-state index is 0.0412. The minimum atomic E-state index is -0.491. The second-order valence-electron chi connectivity index (χ2n) is 6.84. The van der Waals surface area contributed by atoms with Crippen molar-refractivity contribution in [2.24, 2.45) is 0 Å². The SMILES string of the molecule is Cc1cccc(-n2c(C)cc(C(=O)NCCNC(=O)c3ncccc3O)c2C)c1. The van der Waals surface area contributed by atoms with E-state index in [1.54, 1.807) is 6.07 Å². The first kappa shape index (κ1) is 20.1. The molecule has 0 aliphatic rings. The molecule has 0 bridgehead atoms. The Morgan fingerprint density at radius 3 is 2.41 bits per heavy atom. The Hall–Kier alpha value is -3.61. The molecule has 7 nitrogen and oxygen atoms in total. The van der Waals surface area contributed by atoms with Gasteiger partial charge in [0, 0.05) is 36.4 Å². The maximum atomic E-state index is 12.6. The largest absolute Gasteiger partial charge is 0.505 e. The second kappa shape index (κ2) is 8.60. The molecule has 0 saturated carbocycles. The van der Waals surface area contributed by atoms with E-state index in [4.69, 9.17) is 0 Å². The van der Waals surface area contributed by atoms with Crippen LogP contribution in [0.15, 0.2) is 48.7 Å². The summed E-state index contributed by atoms with van der Waals surface area (Å²) in [5.74, 6) is -0.875. The number of amides is 2. The van der Waals surface area contributed by atoms with Gasteiger partial charge in [-0.1, -0.05) is 12.1 Å². The lowest BCUT2D eigenvalue weighted by molar-refractivity contribution is 0.0923. The van der Waals surface area contributed by atoms with Gasteiger partial charge in [0.2, 0.25) is 0 Å². The summed E-state index contributed by atoms with van der Waals surface area (Å²) in [7, 11) is 0. The topological polar surface area (TPSA) is 96.3 Å². The molecule has 2 amide bonds. The van der Waals surface area contributed by atoms with E-state index in [-0.39, 0.29) is 30.4 Å². The maximum Gasteiger partial charge on any atom is 0.273 e. The van der Waals surface area contributed by atoms with Gasteiger partial charge in [0.25, 0.3) is 11.8 Å². The standard InChI is InChI=1S/C22H24N4O3/c1-14-6-4-7-17(12-14)26-15(2)13-18(16(26)3)21(28)24-10-11-25-22(29)20-19(27)8-5-9-23-20/h4-9,12-13,27H,10-11H2,1-3H3,(H,24,28)(H,25,29). The Balaban J connectivity index is 1.61. The van der Waals surface area contributed by atoms with Crippen LogP contribution in [0.1, 0.15) is 37.8 Å². The van der Waals surface area contributed by atoms with E-state index in [1.165, 1.54) is 12.3 Å². The number of carbonyl (C=O) groups excluding carboxylic acids is 2. The van der Waals surface area contributed by atoms with Crippen LogP contribution in [0.5, 0.6) is 5.75 Å². The van der Waals surface area contributed by atoms with Crippen LogP contribution in [0.3, 0.4) is 0 Å². The highest BCUT2D eigenvalue weighted by Gasteiger charge is 2.17. The number of rotatable bonds is 6. The van der Waals surface area contributed by atoms with E-state index < -0.39 is 5.91 Å². The molecule has 3 rings (SSSR count). The van der Waals surface area contributed by atoms with Crippen LogP contribution in [0, 0.1) is 20.8 Å². The number of nitrogens with one attached hydrogen (secondary N) is 2. The molecule has 150 valence electrons. The van der Waals surface area contributed by atoms with Gasteiger partial charge in [-0.15, -0.1) is 0 Å². The molecule has 0 radical (unpaired) electrons. The molecule has 0 unspecified atom stereocenters. The molecule has 3 N–H and O–H groups in total. The van der Waals surface area contributed by atoms with Crippen molar-refractivity contribution in [1.82, 2.24) is 20.2 Å². The summed E-state index contributed by atoms with van der Waals surface area (Å²) in [4.78, 5) is 28.5. The highest BCUT2D eigenvalue weighted by Crippen LogP contribution is 2.21. The van der Waals surface area contributed by atoms with Crippen molar-refractivity contribution in [2.75, 3.05) is 13.1 Å². The molecule has 0 atom stereocenters. The summed E-state index contributed by atoms with van der Waals surface area (Å²) in [6.07, 6.45) is 1.43. The molecule has 0 saturated heterocycles. The predicted octanol–water partition coefficient (Wildman–Crippen LogP) is 2.66. The molecule has 3 aromatic rings. The average Bonchev–Trinajstić information content (AvgIpc) is 2.99. The lowest BCUT2D eigenvalue weighted by Crippen LogP contribution is -2.35. The van der Waals surface area contributed by atoms with Gasteiger partial charge in [-0.05, 0) is 56.7 Å². The van der Waals surface area contributed by atoms with Gasteiger partial charge in [-0.25, -0.2) is 4.98 Å². The number of aromatic hydroxyl groups is 1. The van der Waals surface area contributed by atoms with Crippen LogP contribution in [0.25, 0.3) is 5.69 Å². The number of benzene rings is 1. The summed E-state index contributed by atoms with van der Waals surface area (Å²) in [6.45, 7) is 6.38. The number of hydrogen-bond acceptors (Lipinski definition) is 4. The summed E-state index contributed by atoms with van der Waals surface area (Å²) in [6, 6.07) is 12.9. The smallest absolute Gasteiger partial charge is 0.273 e. The Morgan fingerprint density at radius 2 is 1.72 bits per heavy atom. The van der Waals surface area contributed by atoms with Crippen LogP contribution in [0.4, 0.5) is 0 Å². The van der Waals surface area contributed by atoms with Gasteiger partial charge in [0.1, 0.15) is 5.75 Å². The monoisotopic (exact) mass is 392 g/mol. The van der Waals surface area contributed by atoms with Gasteiger partial charge in [-0.3, -0.25) is 9.59 Å². The van der Waals surface area contributed by atoms with Crippen molar-refractivity contribution < 1.29 is 14.7 Å².